The maximum absolute atomic E-state index is 12.4. The van der Waals surface area contributed by atoms with Crippen molar-refractivity contribution in [2.24, 2.45) is 5.92 Å². The van der Waals surface area contributed by atoms with Crippen molar-refractivity contribution in [3.63, 3.8) is 0 Å². The number of ether oxygens (including phenoxy) is 1. The van der Waals surface area contributed by atoms with E-state index in [0.717, 1.165) is 25.0 Å². The molecule has 22 heavy (non-hydrogen) atoms. The van der Waals surface area contributed by atoms with Crippen molar-refractivity contribution in [2.75, 3.05) is 13.2 Å². The lowest BCUT2D eigenvalue weighted by molar-refractivity contribution is -0.137. The monoisotopic (exact) mass is 317 g/mol. The second-order valence-electron chi connectivity index (χ2n) is 5.56. The molecule has 122 valence electrons. The molecule has 0 saturated carbocycles. The van der Waals surface area contributed by atoms with Gasteiger partial charge in [0.15, 0.2) is 0 Å². The number of rotatable bonds is 3. The summed E-state index contributed by atoms with van der Waals surface area (Å²) in [6.45, 7) is 2.54. The van der Waals surface area contributed by atoms with Gasteiger partial charge in [-0.2, -0.15) is 13.2 Å². The van der Waals surface area contributed by atoms with Crippen molar-refractivity contribution in [2.45, 2.75) is 32.0 Å². The van der Waals surface area contributed by atoms with Crippen LogP contribution >= 0.6 is 0 Å². The van der Waals surface area contributed by atoms with Gasteiger partial charge in [-0.1, -0.05) is 0 Å². The fraction of sp³-hybridized carbons (Fsp3) is 0.533. The number of likely N-dealkylation sites (tertiary alicyclic amines) is 1. The number of amides is 1. The van der Waals surface area contributed by atoms with E-state index >= 15 is 0 Å². The Kier molecular flexibility index (Phi) is 4.83. The minimum absolute atomic E-state index is 0.0141. The molecule has 2 atom stereocenters. The molecular weight excluding hydrogens is 299 g/mol. The molecule has 0 aromatic heterocycles. The van der Waals surface area contributed by atoms with Crippen molar-refractivity contribution in [3.8, 4) is 5.75 Å². The molecule has 1 N–H and O–H groups in total. The van der Waals surface area contributed by atoms with Gasteiger partial charge in [0, 0.05) is 18.5 Å². The molecule has 2 rings (SSSR count). The summed E-state index contributed by atoms with van der Waals surface area (Å²) in [6.07, 6.45) is -3.72. The van der Waals surface area contributed by atoms with Gasteiger partial charge >= 0.3 is 12.3 Å². The lowest BCUT2D eigenvalue weighted by Crippen LogP contribution is -2.46. The number of alkyl halides is 3. The van der Waals surface area contributed by atoms with E-state index in [9.17, 15) is 18.0 Å². The first-order chi connectivity index (χ1) is 10.3. The SMILES string of the molecule is C[C@@H]1CC[C@@H](COc2ccc(C(F)(F)F)cc2)CN1C(=O)O. The van der Waals surface area contributed by atoms with Crippen LogP contribution in [0.4, 0.5) is 18.0 Å². The number of nitrogens with zero attached hydrogens (tertiary/aromatic N) is 1. The predicted octanol–water partition coefficient (Wildman–Crippen LogP) is 3.86. The van der Waals surface area contributed by atoms with Gasteiger partial charge in [-0.3, -0.25) is 0 Å². The molecule has 1 heterocycles. The Balaban J connectivity index is 1.89. The second kappa shape index (κ2) is 6.46. The summed E-state index contributed by atoms with van der Waals surface area (Å²) >= 11 is 0. The third-order valence-corrected chi connectivity index (χ3v) is 3.89. The van der Waals surface area contributed by atoms with Gasteiger partial charge in [0.2, 0.25) is 0 Å². The Bertz CT molecular complexity index is 516. The largest absolute Gasteiger partial charge is 0.493 e. The predicted molar refractivity (Wildman–Crippen MR) is 73.9 cm³/mol. The Labute approximate surface area is 126 Å². The molecule has 1 aliphatic rings. The zero-order valence-electron chi connectivity index (χ0n) is 12.1. The second-order valence-corrected chi connectivity index (χ2v) is 5.56. The van der Waals surface area contributed by atoms with E-state index < -0.39 is 17.8 Å². The van der Waals surface area contributed by atoms with Crippen LogP contribution < -0.4 is 4.74 Å². The quantitative estimate of drug-likeness (QED) is 0.921. The summed E-state index contributed by atoms with van der Waals surface area (Å²) in [5.41, 5.74) is -0.719. The zero-order valence-corrected chi connectivity index (χ0v) is 12.1. The van der Waals surface area contributed by atoms with E-state index in [-0.39, 0.29) is 12.0 Å². The molecule has 1 aromatic carbocycles. The molecule has 0 unspecified atom stereocenters. The van der Waals surface area contributed by atoms with Crippen LogP contribution in [-0.2, 0) is 6.18 Å². The topological polar surface area (TPSA) is 49.8 Å². The van der Waals surface area contributed by atoms with Crippen molar-refractivity contribution in [3.05, 3.63) is 29.8 Å². The lowest BCUT2D eigenvalue weighted by Gasteiger charge is -2.35. The van der Waals surface area contributed by atoms with E-state index in [1.165, 1.54) is 17.0 Å². The van der Waals surface area contributed by atoms with Crippen LogP contribution in [0.25, 0.3) is 0 Å². The number of piperidine rings is 1. The molecule has 0 aliphatic carbocycles. The standard InChI is InChI=1S/C15H18F3NO3/c1-10-2-3-11(8-19(10)14(20)21)9-22-13-6-4-12(5-7-13)15(16,17)18/h4-7,10-11H,2-3,8-9H2,1H3,(H,20,21)/t10-,11-/m1/s1. The highest BCUT2D eigenvalue weighted by Crippen LogP contribution is 2.30. The third kappa shape index (κ3) is 4.05. The van der Waals surface area contributed by atoms with Crippen molar-refractivity contribution < 1.29 is 27.8 Å². The Morgan fingerprint density at radius 1 is 1.32 bits per heavy atom. The van der Waals surface area contributed by atoms with E-state index in [1.54, 1.807) is 0 Å². The van der Waals surface area contributed by atoms with Gasteiger partial charge < -0.3 is 14.7 Å². The molecule has 1 fully saturated rings. The molecule has 1 saturated heterocycles. The van der Waals surface area contributed by atoms with E-state index in [0.29, 0.717) is 18.9 Å². The summed E-state index contributed by atoms with van der Waals surface area (Å²) in [4.78, 5) is 12.5. The summed E-state index contributed by atoms with van der Waals surface area (Å²) in [5, 5.41) is 9.10. The molecule has 4 nitrogen and oxygen atoms in total. The first-order valence-electron chi connectivity index (χ1n) is 7.07. The third-order valence-electron chi connectivity index (χ3n) is 3.89. The van der Waals surface area contributed by atoms with E-state index in [1.807, 2.05) is 6.92 Å². The minimum Gasteiger partial charge on any atom is -0.493 e. The van der Waals surface area contributed by atoms with Crippen molar-refractivity contribution in [1.29, 1.82) is 0 Å². The normalized spacial score (nSPS) is 22.5. The fourth-order valence-corrected chi connectivity index (χ4v) is 2.54. The molecule has 0 radical (unpaired) electrons. The molecule has 1 aliphatic heterocycles. The number of benzene rings is 1. The first kappa shape index (κ1) is 16.5. The number of carbonyl (C=O) groups is 1. The zero-order chi connectivity index (χ0) is 16.3. The first-order valence-corrected chi connectivity index (χ1v) is 7.07. The van der Waals surface area contributed by atoms with Crippen LogP contribution in [0.2, 0.25) is 0 Å². The number of halogens is 3. The highest BCUT2D eigenvalue weighted by molar-refractivity contribution is 5.65. The molecule has 1 amide bonds. The Hall–Kier alpha value is -1.92. The van der Waals surface area contributed by atoms with Crippen LogP contribution in [-0.4, -0.2) is 35.3 Å². The minimum atomic E-state index is -4.36. The maximum atomic E-state index is 12.4. The lowest BCUT2D eigenvalue weighted by atomic mass is 9.94. The average Bonchev–Trinajstić information content (AvgIpc) is 2.45. The van der Waals surface area contributed by atoms with Gasteiger partial charge in [0.05, 0.1) is 12.2 Å². The van der Waals surface area contributed by atoms with Gasteiger partial charge in [0.1, 0.15) is 5.75 Å². The van der Waals surface area contributed by atoms with E-state index in [4.69, 9.17) is 9.84 Å². The molecule has 1 aromatic rings. The Morgan fingerprint density at radius 3 is 2.50 bits per heavy atom. The van der Waals surface area contributed by atoms with Gasteiger partial charge in [-0.15, -0.1) is 0 Å². The number of hydrogen-bond donors (Lipinski definition) is 1. The highest BCUT2D eigenvalue weighted by Gasteiger charge is 2.31. The van der Waals surface area contributed by atoms with Crippen LogP contribution in [0.1, 0.15) is 25.3 Å². The number of hydrogen-bond acceptors (Lipinski definition) is 2. The maximum Gasteiger partial charge on any atom is 0.416 e. The van der Waals surface area contributed by atoms with Crippen molar-refractivity contribution >= 4 is 6.09 Å². The van der Waals surface area contributed by atoms with Crippen LogP contribution in [0.5, 0.6) is 5.75 Å². The van der Waals surface area contributed by atoms with Crippen molar-refractivity contribution in [1.82, 2.24) is 4.90 Å². The summed E-state index contributed by atoms with van der Waals surface area (Å²) in [6, 6.07) is 4.50. The summed E-state index contributed by atoms with van der Waals surface area (Å²) < 4.78 is 42.8. The fourth-order valence-electron chi connectivity index (χ4n) is 2.54. The van der Waals surface area contributed by atoms with Gasteiger partial charge in [-0.25, -0.2) is 4.79 Å². The van der Waals surface area contributed by atoms with Gasteiger partial charge in [-0.05, 0) is 44.0 Å². The Morgan fingerprint density at radius 2 is 1.95 bits per heavy atom. The summed E-state index contributed by atoms with van der Waals surface area (Å²) in [7, 11) is 0. The average molecular weight is 317 g/mol. The van der Waals surface area contributed by atoms with Crippen LogP contribution in [0.3, 0.4) is 0 Å². The van der Waals surface area contributed by atoms with Crippen LogP contribution in [0.15, 0.2) is 24.3 Å². The highest BCUT2D eigenvalue weighted by atomic mass is 19.4. The molecule has 7 heteroatoms. The van der Waals surface area contributed by atoms with Gasteiger partial charge in [0.25, 0.3) is 0 Å². The smallest absolute Gasteiger partial charge is 0.416 e. The molecule has 0 bridgehead atoms. The summed E-state index contributed by atoms with van der Waals surface area (Å²) in [5.74, 6) is 0.406. The van der Waals surface area contributed by atoms with Crippen LogP contribution in [0, 0.1) is 5.92 Å². The molecular formula is C15H18F3NO3. The number of carboxylic acid groups (broad SMARTS) is 1. The van der Waals surface area contributed by atoms with E-state index in [2.05, 4.69) is 0 Å². The molecule has 0 spiro atoms.